The highest BCUT2D eigenvalue weighted by Crippen LogP contribution is 2.35. The maximum Gasteiger partial charge on any atom is 0.323 e. The van der Waals surface area contributed by atoms with Crippen LogP contribution in [0, 0.1) is 0 Å². The van der Waals surface area contributed by atoms with Gasteiger partial charge >= 0.3 is 5.69 Å². The Morgan fingerprint density at radius 2 is 1.70 bits per heavy atom. The highest BCUT2D eigenvalue weighted by Gasteiger charge is 2.15. The molecule has 102 valence electrons. The molecule has 0 radical (unpaired) electrons. The van der Waals surface area contributed by atoms with Crippen molar-refractivity contribution in [3.8, 4) is 0 Å². The van der Waals surface area contributed by atoms with E-state index in [4.69, 9.17) is 34.8 Å². The predicted molar refractivity (Wildman–Crippen MR) is 83.1 cm³/mol. The summed E-state index contributed by atoms with van der Waals surface area (Å²) in [6, 6.07) is 10.6. The van der Waals surface area contributed by atoms with Crippen molar-refractivity contribution in [3.05, 3.63) is 68.1 Å². The lowest BCUT2D eigenvalue weighted by atomic mass is 10.0. The number of halogens is 3. The Morgan fingerprint density at radius 1 is 0.950 bits per heavy atom. The number of imidazole rings is 1. The van der Waals surface area contributed by atoms with Gasteiger partial charge in [-0.05, 0) is 41.5 Å². The molecule has 2 N–H and O–H groups in total. The molecule has 0 fully saturated rings. The number of hydrogen-bond acceptors (Lipinski definition) is 1. The minimum Gasteiger partial charge on any atom is -0.306 e. The molecular weight excluding hydrogens is 319 g/mol. The number of nitrogens with one attached hydrogen (secondary N) is 2. The predicted octanol–water partition coefficient (Wildman–Crippen LogP) is 4.49. The van der Waals surface area contributed by atoms with E-state index in [1.165, 1.54) is 0 Å². The van der Waals surface area contributed by atoms with Gasteiger partial charge in [-0.1, -0.05) is 29.3 Å². The van der Waals surface area contributed by atoms with Gasteiger partial charge in [0.25, 0.3) is 0 Å². The monoisotopic (exact) mass is 326 g/mol. The standard InChI is InChI=1S/C14H9Cl3N2O/c15-8-2-3-10(16)9(6-8)13(17)7-1-4-11-12(5-7)19-14(20)18-11/h1-6,13H,(H2,18,19,20). The lowest BCUT2D eigenvalue weighted by Crippen LogP contribution is -1.99. The number of H-pyrrole nitrogens is 2. The first-order valence-electron chi connectivity index (χ1n) is 5.85. The second-order valence-electron chi connectivity index (χ2n) is 4.41. The van der Waals surface area contributed by atoms with Crippen LogP contribution in [0.25, 0.3) is 11.0 Å². The molecule has 1 aromatic heterocycles. The van der Waals surface area contributed by atoms with E-state index in [-0.39, 0.29) is 5.69 Å². The van der Waals surface area contributed by atoms with E-state index in [0.29, 0.717) is 15.6 Å². The number of aromatic amines is 2. The van der Waals surface area contributed by atoms with E-state index >= 15 is 0 Å². The van der Waals surface area contributed by atoms with Crippen LogP contribution >= 0.6 is 34.8 Å². The highest BCUT2D eigenvalue weighted by atomic mass is 35.5. The van der Waals surface area contributed by atoms with Gasteiger partial charge in [-0.3, -0.25) is 0 Å². The van der Waals surface area contributed by atoms with E-state index in [0.717, 1.165) is 16.6 Å². The first kappa shape index (κ1) is 13.6. The lowest BCUT2D eigenvalue weighted by Gasteiger charge is -2.12. The van der Waals surface area contributed by atoms with Crippen molar-refractivity contribution in [3.63, 3.8) is 0 Å². The van der Waals surface area contributed by atoms with Gasteiger partial charge in [0.05, 0.1) is 16.4 Å². The molecule has 3 aromatic rings. The second kappa shape index (κ2) is 5.17. The van der Waals surface area contributed by atoms with Crippen molar-refractivity contribution < 1.29 is 0 Å². The van der Waals surface area contributed by atoms with Crippen molar-refractivity contribution in [1.82, 2.24) is 9.97 Å². The molecule has 3 rings (SSSR count). The minimum atomic E-state index is -0.441. The number of aromatic nitrogens is 2. The van der Waals surface area contributed by atoms with Crippen molar-refractivity contribution in [2.75, 3.05) is 0 Å². The Labute approximate surface area is 129 Å². The summed E-state index contributed by atoms with van der Waals surface area (Å²) in [5, 5.41) is 0.687. The average Bonchev–Trinajstić information content (AvgIpc) is 2.79. The fraction of sp³-hybridized carbons (Fsp3) is 0.0714. The molecule has 2 aromatic carbocycles. The summed E-state index contributed by atoms with van der Waals surface area (Å²) in [6.07, 6.45) is 0. The van der Waals surface area contributed by atoms with Crippen LogP contribution in [0.3, 0.4) is 0 Å². The molecule has 20 heavy (non-hydrogen) atoms. The van der Waals surface area contributed by atoms with Crippen molar-refractivity contribution in [1.29, 1.82) is 0 Å². The third-order valence-corrected chi connectivity index (χ3v) is 4.13. The maximum absolute atomic E-state index is 11.3. The average molecular weight is 328 g/mol. The zero-order valence-corrected chi connectivity index (χ0v) is 12.4. The van der Waals surface area contributed by atoms with Crippen molar-refractivity contribution in [2.45, 2.75) is 5.38 Å². The van der Waals surface area contributed by atoms with Gasteiger partial charge in [0.2, 0.25) is 0 Å². The van der Waals surface area contributed by atoms with Crippen molar-refractivity contribution >= 4 is 45.8 Å². The third-order valence-electron chi connectivity index (χ3n) is 3.06. The summed E-state index contributed by atoms with van der Waals surface area (Å²) in [5.74, 6) is 0. The Morgan fingerprint density at radius 3 is 2.50 bits per heavy atom. The molecule has 1 unspecified atom stereocenters. The van der Waals surface area contributed by atoms with Gasteiger partial charge in [-0.15, -0.1) is 11.6 Å². The Bertz CT molecular complexity index is 838. The zero-order valence-electron chi connectivity index (χ0n) is 10.1. The quantitative estimate of drug-likeness (QED) is 0.669. The number of fused-ring (bicyclic) bond motifs is 1. The van der Waals surface area contributed by atoms with Crippen LogP contribution in [0.5, 0.6) is 0 Å². The van der Waals surface area contributed by atoms with Gasteiger partial charge in [-0.25, -0.2) is 4.79 Å². The molecular formula is C14H9Cl3N2O. The van der Waals surface area contributed by atoms with E-state index in [1.54, 1.807) is 24.3 Å². The fourth-order valence-electron chi connectivity index (χ4n) is 2.10. The Hall–Kier alpha value is -1.42. The van der Waals surface area contributed by atoms with Gasteiger partial charge in [0.1, 0.15) is 0 Å². The SMILES string of the molecule is O=c1[nH]c2ccc(C(Cl)c3cc(Cl)ccc3Cl)cc2[nH]1. The number of rotatable bonds is 2. The maximum atomic E-state index is 11.3. The van der Waals surface area contributed by atoms with Gasteiger partial charge in [-0.2, -0.15) is 0 Å². The summed E-state index contributed by atoms with van der Waals surface area (Å²) in [4.78, 5) is 16.6. The van der Waals surface area contributed by atoms with Crippen LogP contribution in [0.1, 0.15) is 16.5 Å². The van der Waals surface area contributed by atoms with E-state index < -0.39 is 5.38 Å². The summed E-state index contributed by atoms with van der Waals surface area (Å²) < 4.78 is 0. The lowest BCUT2D eigenvalue weighted by molar-refractivity contribution is 1.14. The second-order valence-corrected chi connectivity index (χ2v) is 5.69. The smallest absolute Gasteiger partial charge is 0.306 e. The Balaban J connectivity index is 2.09. The fourth-order valence-corrected chi connectivity index (χ4v) is 2.88. The first-order valence-corrected chi connectivity index (χ1v) is 7.05. The van der Waals surface area contributed by atoms with E-state index in [9.17, 15) is 4.79 Å². The van der Waals surface area contributed by atoms with Crippen LogP contribution in [0.2, 0.25) is 10.0 Å². The minimum absolute atomic E-state index is 0.246. The molecule has 0 spiro atoms. The normalized spacial score (nSPS) is 12.8. The van der Waals surface area contributed by atoms with Crippen LogP contribution < -0.4 is 5.69 Å². The summed E-state index contributed by atoms with van der Waals surface area (Å²) in [5.41, 5.74) is 2.76. The summed E-state index contributed by atoms with van der Waals surface area (Å²) in [7, 11) is 0. The third kappa shape index (κ3) is 2.44. The molecule has 0 amide bonds. The zero-order chi connectivity index (χ0) is 14.3. The van der Waals surface area contributed by atoms with Crippen LogP contribution in [-0.4, -0.2) is 9.97 Å². The van der Waals surface area contributed by atoms with Crippen LogP contribution in [-0.2, 0) is 0 Å². The molecule has 0 aliphatic heterocycles. The molecule has 0 saturated carbocycles. The van der Waals surface area contributed by atoms with Gasteiger partial charge in [0, 0.05) is 10.0 Å². The largest absolute Gasteiger partial charge is 0.323 e. The van der Waals surface area contributed by atoms with Crippen LogP contribution in [0.4, 0.5) is 0 Å². The first-order chi connectivity index (χ1) is 9.54. The number of benzene rings is 2. The van der Waals surface area contributed by atoms with E-state index in [1.807, 2.05) is 12.1 Å². The van der Waals surface area contributed by atoms with E-state index in [2.05, 4.69) is 9.97 Å². The molecule has 0 aliphatic carbocycles. The van der Waals surface area contributed by atoms with Gasteiger partial charge < -0.3 is 9.97 Å². The molecule has 3 nitrogen and oxygen atoms in total. The molecule has 1 heterocycles. The number of hydrogen-bond donors (Lipinski definition) is 2. The molecule has 0 saturated heterocycles. The highest BCUT2D eigenvalue weighted by molar-refractivity contribution is 6.35. The molecule has 0 bridgehead atoms. The molecule has 1 atom stereocenters. The summed E-state index contributed by atoms with van der Waals surface area (Å²) in [6.45, 7) is 0. The molecule has 0 aliphatic rings. The Kier molecular flexibility index (Phi) is 3.50. The number of alkyl halides is 1. The topological polar surface area (TPSA) is 48.6 Å². The summed E-state index contributed by atoms with van der Waals surface area (Å²) >= 11 is 18.6. The van der Waals surface area contributed by atoms with Crippen molar-refractivity contribution in [2.24, 2.45) is 0 Å². The van der Waals surface area contributed by atoms with Gasteiger partial charge in [0.15, 0.2) is 0 Å². The van der Waals surface area contributed by atoms with Crippen LogP contribution in [0.15, 0.2) is 41.2 Å². The molecule has 6 heteroatoms.